The van der Waals surface area contributed by atoms with E-state index >= 15 is 0 Å². The zero-order valence-electron chi connectivity index (χ0n) is 17.6. The number of thiophene rings is 1. The molecule has 158 valence electrons. The smallest absolute Gasteiger partial charge is 0.335 e. The van der Waals surface area contributed by atoms with E-state index in [-0.39, 0.29) is 5.56 Å². The third-order valence-electron chi connectivity index (χ3n) is 5.13. The van der Waals surface area contributed by atoms with Crippen LogP contribution in [0.1, 0.15) is 35.5 Å². The number of nitrogens with zero attached hydrogens (tertiary/aromatic N) is 2. The fraction of sp³-hybridized carbons (Fsp3) is 0.208. The van der Waals surface area contributed by atoms with Crippen LogP contribution >= 0.6 is 11.3 Å². The molecule has 0 aliphatic rings. The molecule has 2 aromatic carbocycles. The molecular weight excluding hydrogens is 410 g/mol. The molecule has 7 heteroatoms. The van der Waals surface area contributed by atoms with E-state index in [2.05, 4.69) is 19.2 Å². The summed E-state index contributed by atoms with van der Waals surface area (Å²) in [5.74, 6) is 0.539. The van der Waals surface area contributed by atoms with Crippen LogP contribution in [0, 0.1) is 0 Å². The molecule has 0 saturated heterocycles. The maximum Gasteiger partial charge on any atom is 0.335 e. The van der Waals surface area contributed by atoms with E-state index in [0.29, 0.717) is 5.82 Å². The maximum atomic E-state index is 11.2. The Morgan fingerprint density at radius 3 is 2.48 bits per heavy atom. The summed E-state index contributed by atoms with van der Waals surface area (Å²) in [6, 6.07) is 14.9. The maximum absolute atomic E-state index is 11.2. The zero-order valence-corrected chi connectivity index (χ0v) is 18.4. The largest absolute Gasteiger partial charge is 0.487 e. The average Bonchev–Trinajstić information content (AvgIpc) is 3.27. The highest BCUT2D eigenvalue weighted by Crippen LogP contribution is 2.33. The molecule has 6 nitrogen and oxygen atoms in total. The molecule has 0 aliphatic carbocycles. The van der Waals surface area contributed by atoms with Crippen LogP contribution in [0.15, 0.2) is 48.5 Å². The van der Waals surface area contributed by atoms with Crippen molar-refractivity contribution in [2.75, 3.05) is 12.4 Å². The highest BCUT2D eigenvalue weighted by Gasteiger charge is 2.15. The summed E-state index contributed by atoms with van der Waals surface area (Å²) in [5.41, 5.74) is 3.28. The van der Waals surface area contributed by atoms with Crippen molar-refractivity contribution in [2.24, 2.45) is 0 Å². The van der Waals surface area contributed by atoms with Crippen LogP contribution < -0.4 is 10.1 Å². The van der Waals surface area contributed by atoms with Gasteiger partial charge in [-0.25, -0.2) is 14.8 Å². The van der Waals surface area contributed by atoms with Crippen molar-refractivity contribution in [1.82, 2.24) is 9.97 Å². The van der Waals surface area contributed by atoms with Crippen molar-refractivity contribution in [3.05, 3.63) is 65.4 Å². The molecule has 0 atom stereocenters. The number of anilines is 2. The Balaban J connectivity index is 1.74. The molecule has 0 amide bonds. The number of methoxy groups -OCH3 is 1. The lowest BCUT2D eigenvalue weighted by molar-refractivity contribution is 0.0697. The van der Waals surface area contributed by atoms with E-state index in [1.807, 2.05) is 36.4 Å². The van der Waals surface area contributed by atoms with Crippen molar-refractivity contribution in [1.29, 1.82) is 0 Å². The Kier molecular flexibility index (Phi) is 5.86. The average molecular weight is 434 g/mol. The van der Waals surface area contributed by atoms with E-state index < -0.39 is 5.97 Å². The second-order valence-corrected chi connectivity index (χ2v) is 8.10. The number of aryl methyl sites for hydroxylation is 1. The van der Waals surface area contributed by atoms with Crippen LogP contribution in [0.25, 0.3) is 21.5 Å². The predicted molar refractivity (Wildman–Crippen MR) is 125 cm³/mol. The molecule has 2 heterocycles. The van der Waals surface area contributed by atoms with E-state index in [9.17, 15) is 9.90 Å². The first-order valence-corrected chi connectivity index (χ1v) is 10.9. The van der Waals surface area contributed by atoms with Gasteiger partial charge in [0.05, 0.1) is 17.6 Å². The summed E-state index contributed by atoms with van der Waals surface area (Å²) < 4.78 is 5.32. The van der Waals surface area contributed by atoms with Gasteiger partial charge in [-0.15, -0.1) is 0 Å². The number of aromatic nitrogens is 2. The third-order valence-corrected chi connectivity index (χ3v) is 6.18. The zero-order chi connectivity index (χ0) is 22.0. The van der Waals surface area contributed by atoms with Crippen molar-refractivity contribution in [3.8, 4) is 15.8 Å². The summed E-state index contributed by atoms with van der Waals surface area (Å²) in [6.45, 7) is 4.20. The number of carboxylic acids is 1. The summed E-state index contributed by atoms with van der Waals surface area (Å²) in [6.07, 6.45) is 1.63. The number of hydrogen-bond acceptors (Lipinski definition) is 6. The van der Waals surface area contributed by atoms with Crippen LogP contribution in [0.3, 0.4) is 0 Å². The summed E-state index contributed by atoms with van der Waals surface area (Å²) in [4.78, 5) is 21.8. The van der Waals surface area contributed by atoms with Crippen LogP contribution in [0.5, 0.6) is 5.06 Å². The highest BCUT2D eigenvalue weighted by molar-refractivity contribution is 7.17. The van der Waals surface area contributed by atoms with Crippen molar-refractivity contribution < 1.29 is 14.6 Å². The fourth-order valence-corrected chi connectivity index (χ4v) is 4.31. The SMILES string of the molecule is CCc1nc(-c2ccc(OC)s2)nc(Nc2ccc3cc(C(=O)O)ccc3c2)c1CC. The van der Waals surface area contributed by atoms with Crippen LogP contribution in [-0.2, 0) is 12.8 Å². The Morgan fingerprint density at radius 2 is 1.81 bits per heavy atom. The number of ether oxygens (including phenoxy) is 1. The van der Waals surface area contributed by atoms with Gasteiger partial charge < -0.3 is 15.2 Å². The molecule has 2 aromatic heterocycles. The topological polar surface area (TPSA) is 84.3 Å². The Hall–Kier alpha value is -3.45. The monoisotopic (exact) mass is 433 g/mol. The number of carboxylic acid groups (broad SMARTS) is 1. The summed E-state index contributed by atoms with van der Waals surface area (Å²) in [7, 11) is 1.65. The van der Waals surface area contributed by atoms with Gasteiger partial charge in [0.2, 0.25) is 0 Å². The molecule has 31 heavy (non-hydrogen) atoms. The third kappa shape index (κ3) is 4.22. The summed E-state index contributed by atoms with van der Waals surface area (Å²) >= 11 is 1.52. The molecule has 0 fully saturated rings. The number of aromatic carboxylic acids is 1. The minimum absolute atomic E-state index is 0.279. The first kappa shape index (κ1) is 20.8. The number of carbonyl (C=O) groups is 1. The van der Waals surface area contributed by atoms with Gasteiger partial charge in [0.1, 0.15) is 5.82 Å². The molecule has 2 N–H and O–H groups in total. The fourth-order valence-electron chi connectivity index (χ4n) is 3.55. The number of benzene rings is 2. The molecule has 0 saturated carbocycles. The predicted octanol–water partition coefficient (Wildman–Crippen LogP) is 5.93. The van der Waals surface area contributed by atoms with Crippen LogP contribution in [0.2, 0.25) is 0 Å². The van der Waals surface area contributed by atoms with Crippen LogP contribution in [0.4, 0.5) is 11.5 Å². The second kappa shape index (κ2) is 8.73. The molecule has 4 rings (SSSR count). The van der Waals surface area contributed by atoms with E-state index in [1.165, 1.54) is 11.3 Å². The van der Waals surface area contributed by atoms with Gasteiger partial charge in [-0.2, -0.15) is 0 Å². The normalized spacial score (nSPS) is 10.9. The number of fused-ring (bicyclic) bond motifs is 1. The molecule has 0 spiro atoms. The van der Waals surface area contributed by atoms with Gasteiger partial charge in [-0.3, -0.25) is 0 Å². The van der Waals surface area contributed by atoms with Gasteiger partial charge in [0.15, 0.2) is 10.9 Å². The van der Waals surface area contributed by atoms with E-state index in [1.54, 1.807) is 19.2 Å². The molecule has 0 bridgehead atoms. The van der Waals surface area contributed by atoms with Gasteiger partial charge in [0, 0.05) is 16.9 Å². The minimum Gasteiger partial charge on any atom is -0.487 e. The van der Waals surface area contributed by atoms with Gasteiger partial charge >= 0.3 is 5.97 Å². The lowest BCUT2D eigenvalue weighted by Gasteiger charge is -2.15. The van der Waals surface area contributed by atoms with Crippen molar-refractivity contribution >= 4 is 39.6 Å². The minimum atomic E-state index is -0.928. The quantitative estimate of drug-likeness (QED) is 0.376. The number of rotatable bonds is 7. The first-order chi connectivity index (χ1) is 15.0. The van der Waals surface area contributed by atoms with Gasteiger partial charge in [-0.05, 0) is 60.0 Å². The molecule has 0 aliphatic heterocycles. The standard InChI is InChI=1S/C24H23N3O3S/c1-4-18-19(5-2)26-23(20-10-11-21(30-3)31-20)27-22(18)25-17-9-8-14-12-16(24(28)29)7-6-15(14)13-17/h6-13H,4-5H2,1-3H3,(H,28,29)(H,25,26,27). The highest BCUT2D eigenvalue weighted by atomic mass is 32.1. The Morgan fingerprint density at radius 1 is 1.03 bits per heavy atom. The summed E-state index contributed by atoms with van der Waals surface area (Å²) in [5, 5.41) is 15.3. The van der Waals surface area contributed by atoms with Crippen LogP contribution in [-0.4, -0.2) is 28.2 Å². The number of nitrogens with one attached hydrogen (secondary N) is 1. The Labute approximate surface area is 184 Å². The molecule has 4 aromatic rings. The van der Waals surface area contributed by atoms with Crippen molar-refractivity contribution in [3.63, 3.8) is 0 Å². The number of hydrogen-bond donors (Lipinski definition) is 2. The van der Waals surface area contributed by atoms with E-state index in [0.717, 1.165) is 56.3 Å². The van der Waals surface area contributed by atoms with Gasteiger partial charge in [-0.1, -0.05) is 37.3 Å². The lowest BCUT2D eigenvalue weighted by atomic mass is 10.1. The van der Waals surface area contributed by atoms with E-state index in [4.69, 9.17) is 14.7 Å². The lowest BCUT2D eigenvalue weighted by Crippen LogP contribution is -2.06. The van der Waals surface area contributed by atoms with Gasteiger partial charge in [0.25, 0.3) is 0 Å². The second-order valence-electron chi connectivity index (χ2n) is 7.06. The van der Waals surface area contributed by atoms with Crippen molar-refractivity contribution in [2.45, 2.75) is 26.7 Å². The molecular formula is C24H23N3O3S. The Bertz CT molecular complexity index is 1270. The molecule has 0 radical (unpaired) electrons. The molecule has 0 unspecified atom stereocenters. The first-order valence-electron chi connectivity index (χ1n) is 10.1.